The Morgan fingerprint density at radius 3 is 2.29 bits per heavy atom. The molecule has 0 bridgehead atoms. The van der Waals surface area contributed by atoms with Crippen molar-refractivity contribution >= 4 is 23.2 Å². The second-order valence-corrected chi connectivity index (χ2v) is 5.59. The van der Waals surface area contributed by atoms with Crippen LogP contribution in [-0.2, 0) is 9.59 Å². The second-order valence-electron chi connectivity index (χ2n) is 5.59. The Morgan fingerprint density at radius 2 is 1.62 bits per heavy atom. The molecule has 2 atom stereocenters. The zero-order valence-corrected chi connectivity index (χ0v) is 12.6. The van der Waals surface area contributed by atoms with Crippen molar-refractivity contribution in [3.63, 3.8) is 0 Å². The highest BCUT2D eigenvalue weighted by Gasteiger charge is 2.48. The Kier molecular flexibility index (Phi) is 4.25. The fourth-order valence-corrected chi connectivity index (χ4v) is 2.46. The van der Waals surface area contributed by atoms with Gasteiger partial charge in [-0.15, -0.1) is 0 Å². The Hall–Kier alpha value is -3.20. The van der Waals surface area contributed by atoms with Gasteiger partial charge in [0.05, 0.1) is 23.1 Å². The maximum Gasteiger partial charge on any atom is 0.228 e. The van der Waals surface area contributed by atoms with E-state index < -0.39 is 11.8 Å². The molecule has 1 saturated carbocycles. The first-order valence-electron chi connectivity index (χ1n) is 7.45. The van der Waals surface area contributed by atoms with Gasteiger partial charge >= 0.3 is 0 Å². The highest BCUT2D eigenvalue weighted by Crippen LogP contribution is 2.40. The number of anilines is 2. The third kappa shape index (κ3) is 3.41. The normalized spacial score (nSPS) is 18.3. The summed E-state index contributed by atoms with van der Waals surface area (Å²) in [6, 6.07) is 14.1. The smallest absolute Gasteiger partial charge is 0.228 e. The number of halogens is 1. The van der Waals surface area contributed by atoms with E-state index in [9.17, 15) is 14.0 Å². The van der Waals surface area contributed by atoms with E-state index in [0.717, 1.165) is 0 Å². The molecule has 3 rings (SSSR count). The van der Waals surface area contributed by atoms with Gasteiger partial charge in [0.1, 0.15) is 11.9 Å². The molecule has 1 aliphatic carbocycles. The summed E-state index contributed by atoms with van der Waals surface area (Å²) in [5, 5.41) is 14.4. The molecule has 24 heavy (non-hydrogen) atoms. The summed E-state index contributed by atoms with van der Waals surface area (Å²) in [6.45, 7) is 0. The fourth-order valence-electron chi connectivity index (χ4n) is 2.46. The number of benzene rings is 2. The number of rotatable bonds is 4. The molecular formula is C18H14FN3O2. The lowest BCUT2D eigenvalue weighted by atomic mass is 10.2. The molecule has 1 fully saturated rings. The molecule has 0 radical (unpaired) electrons. The van der Waals surface area contributed by atoms with Crippen molar-refractivity contribution in [3.05, 3.63) is 59.9 Å². The molecule has 2 amide bonds. The number of nitrogens with zero attached hydrogens (tertiary/aromatic N) is 1. The quantitative estimate of drug-likeness (QED) is 0.907. The van der Waals surface area contributed by atoms with Crippen LogP contribution in [0.2, 0.25) is 0 Å². The van der Waals surface area contributed by atoms with Crippen LogP contribution in [0.4, 0.5) is 15.8 Å². The molecule has 0 spiro atoms. The molecule has 5 nitrogen and oxygen atoms in total. The molecule has 120 valence electrons. The van der Waals surface area contributed by atoms with Crippen LogP contribution in [0.1, 0.15) is 12.0 Å². The summed E-state index contributed by atoms with van der Waals surface area (Å²) in [4.78, 5) is 24.3. The van der Waals surface area contributed by atoms with Crippen LogP contribution in [0.25, 0.3) is 0 Å². The van der Waals surface area contributed by atoms with E-state index in [2.05, 4.69) is 10.6 Å². The molecule has 6 heteroatoms. The van der Waals surface area contributed by atoms with Crippen molar-refractivity contribution in [2.24, 2.45) is 11.8 Å². The highest BCUT2D eigenvalue weighted by molar-refractivity contribution is 6.03. The lowest BCUT2D eigenvalue weighted by Crippen LogP contribution is -2.20. The first kappa shape index (κ1) is 15.7. The third-order valence-electron chi connectivity index (χ3n) is 3.88. The van der Waals surface area contributed by atoms with Crippen LogP contribution >= 0.6 is 0 Å². The second kappa shape index (κ2) is 6.50. The molecule has 2 aromatic rings. The topological polar surface area (TPSA) is 82.0 Å². The van der Waals surface area contributed by atoms with Crippen molar-refractivity contribution in [2.45, 2.75) is 6.42 Å². The number of hydrogen-bond donors (Lipinski definition) is 2. The maximum absolute atomic E-state index is 12.8. The van der Waals surface area contributed by atoms with Gasteiger partial charge in [-0.2, -0.15) is 5.26 Å². The Morgan fingerprint density at radius 1 is 1.00 bits per heavy atom. The van der Waals surface area contributed by atoms with E-state index in [1.54, 1.807) is 24.3 Å². The number of amides is 2. The predicted molar refractivity (Wildman–Crippen MR) is 86.4 cm³/mol. The van der Waals surface area contributed by atoms with Gasteiger partial charge in [-0.25, -0.2) is 4.39 Å². The van der Waals surface area contributed by atoms with Gasteiger partial charge in [-0.05, 0) is 42.8 Å². The monoisotopic (exact) mass is 323 g/mol. The summed E-state index contributed by atoms with van der Waals surface area (Å²) in [5.74, 6) is -1.76. The summed E-state index contributed by atoms with van der Waals surface area (Å²) in [7, 11) is 0. The number of nitriles is 1. The van der Waals surface area contributed by atoms with Crippen molar-refractivity contribution in [2.75, 3.05) is 10.6 Å². The molecule has 0 heterocycles. The number of carbonyl (C=O) groups excluding carboxylic acids is 2. The Balaban J connectivity index is 1.58. The van der Waals surface area contributed by atoms with E-state index >= 15 is 0 Å². The largest absolute Gasteiger partial charge is 0.326 e. The summed E-state index contributed by atoms with van der Waals surface area (Å²) >= 11 is 0. The Labute approximate surface area is 138 Å². The van der Waals surface area contributed by atoms with E-state index in [0.29, 0.717) is 23.4 Å². The summed E-state index contributed by atoms with van der Waals surface area (Å²) in [6.07, 6.45) is 0.452. The molecule has 0 saturated heterocycles. The third-order valence-corrected chi connectivity index (χ3v) is 3.88. The van der Waals surface area contributed by atoms with Gasteiger partial charge in [0.25, 0.3) is 0 Å². The summed E-state index contributed by atoms with van der Waals surface area (Å²) < 4.78 is 12.8. The van der Waals surface area contributed by atoms with Crippen LogP contribution in [-0.4, -0.2) is 11.8 Å². The molecule has 2 aromatic carbocycles. The van der Waals surface area contributed by atoms with Gasteiger partial charge in [0.15, 0.2) is 0 Å². The lowest BCUT2D eigenvalue weighted by Gasteiger charge is -2.07. The van der Waals surface area contributed by atoms with Gasteiger partial charge in [-0.3, -0.25) is 9.59 Å². The zero-order chi connectivity index (χ0) is 17.1. The fraction of sp³-hybridized carbons (Fsp3) is 0.167. The standard InChI is InChI=1S/C18H14FN3O2/c19-12-5-7-13(8-6-12)21-17(23)14-9-15(14)18(24)22-16-4-2-1-3-11(16)10-20/h1-8,14-15H,9H2,(H,21,23)(H,22,24). The first-order valence-corrected chi connectivity index (χ1v) is 7.45. The molecule has 0 aromatic heterocycles. The van der Waals surface area contributed by atoms with Crippen LogP contribution in [0.5, 0.6) is 0 Å². The predicted octanol–water partition coefficient (Wildman–Crippen LogP) is 2.91. The van der Waals surface area contributed by atoms with Gasteiger partial charge < -0.3 is 10.6 Å². The number of para-hydroxylation sites is 1. The molecule has 2 N–H and O–H groups in total. The minimum Gasteiger partial charge on any atom is -0.326 e. The van der Waals surface area contributed by atoms with Gasteiger partial charge in [-0.1, -0.05) is 12.1 Å². The van der Waals surface area contributed by atoms with Crippen LogP contribution in [0.15, 0.2) is 48.5 Å². The van der Waals surface area contributed by atoms with Crippen LogP contribution in [0.3, 0.4) is 0 Å². The van der Waals surface area contributed by atoms with Crippen molar-refractivity contribution in [3.8, 4) is 6.07 Å². The molecule has 2 unspecified atom stereocenters. The minimum atomic E-state index is -0.419. The Bertz CT molecular complexity index is 827. The number of carbonyl (C=O) groups is 2. The lowest BCUT2D eigenvalue weighted by molar-refractivity contribution is -0.122. The molecular weight excluding hydrogens is 309 g/mol. The van der Waals surface area contributed by atoms with E-state index in [1.807, 2.05) is 6.07 Å². The SMILES string of the molecule is N#Cc1ccccc1NC(=O)C1CC1C(=O)Nc1ccc(F)cc1. The number of hydrogen-bond acceptors (Lipinski definition) is 3. The van der Waals surface area contributed by atoms with Crippen molar-refractivity contribution in [1.82, 2.24) is 0 Å². The van der Waals surface area contributed by atoms with Crippen LogP contribution in [0, 0.1) is 29.0 Å². The summed E-state index contributed by atoms with van der Waals surface area (Å²) in [5.41, 5.74) is 1.30. The highest BCUT2D eigenvalue weighted by atomic mass is 19.1. The van der Waals surface area contributed by atoms with Crippen molar-refractivity contribution < 1.29 is 14.0 Å². The van der Waals surface area contributed by atoms with Crippen LogP contribution < -0.4 is 10.6 Å². The minimum absolute atomic E-state index is 0.268. The number of nitrogens with one attached hydrogen (secondary N) is 2. The maximum atomic E-state index is 12.8. The first-order chi connectivity index (χ1) is 11.6. The van der Waals surface area contributed by atoms with E-state index in [1.165, 1.54) is 24.3 Å². The average molecular weight is 323 g/mol. The average Bonchev–Trinajstić information content (AvgIpc) is 3.38. The van der Waals surface area contributed by atoms with E-state index in [4.69, 9.17) is 5.26 Å². The van der Waals surface area contributed by atoms with E-state index in [-0.39, 0.29) is 17.6 Å². The molecule has 1 aliphatic rings. The van der Waals surface area contributed by atoms with Gasteiger partial charge in [0, 0.05) is 5.69 Å². The van der Waals surface area contributed by atoms with Crippen molar-refractivity contribution in [1.29, 1.82) is 5.26 Å². The zero-order valence-electron chi connectivity index (χ0n) is 12.6. The van der Waals surface area contributed by atoms with Gasteiger partial charge in [0.2, 0.25) is 11.8 Å². The molecule has 0 aliphatic heterocycles.